The van der Waals surface area contributed by atoms with E-state index in [1.165, 1.54) is 8.61 Å². The Morgan fingerprint density at radius 2 is 0.781 bits per heavy atom. The lowest BCUT2D eigenvalue weighted by molar-refractivity contribution is 0.358. The standard InChI is InChI=1S/C22H34N4O4S2/c1-23(2)15-17-25(5)31(27,28)21-11-7-19(8-12-21)20-9-13-22(14-10-20)32(29,30)26(6)18-16-24(3)4/h7-14H,15-18H2,1-6H3. The molecule has 0 aliphatic carbocycles. The molecule has 0 aromatic heterocycles. The summed E-state index contributed by atoms with van der Waals surface area (Å²) in [6.45, 7) is 2.06. The summed E-state index contributed by atoms with van der Waals surface area (Å²) in [5.74, 6) is 0. The van der Waals surface area contributed by atoms with Crippen LogP contribution in [0.25, 0.3) is 11.1 Å². The summed E-state index contributed by atoms with van der Waals surface area (Å²) < 4.78 is 53.6. The Morgan fingerprint density at radius 1 is 0.500 bits per heavy atom. The summed E-state index contributed by atoms with van der Waals surface area (Å²) in [6.07, 6.45) is 0. The molecule has 0 amide bonds. The van der Waals surface area contributed by atoms with E-state index in [1.807, 2.05) is 38.0 Å². The van der Waals surface area contributed by atoms with Crippen molar-refractivity contribution >= 4 is 20.0 Å². The fourth-order valence-corrected chi connectivity index (χ4v) is 5.24. The van der Waals surface area contributed by atoms with Gasteiger partial charge in [0.15, 0.2) is 0 Å². The lowest BCUT2D eigenvalue weighted by atomic mass is 10.1. The van der Waals surface area contributed by atoms with Gasteiger partial charge in [-0.3, -0.25) is 0 Å². The van der Waals surface area contributed by atoms with Gasteiger partial charge in [-0.25, -0.2) is 16.8 Å². The molecule has 0 spiro atoms. The van der Waals surface area contributed by atoms with Crippen molar-refractivity contribution in [2.75, 3.05) is 68.5 Å². The van der Waals surface area contributed by atoms with Crippen LogP contribution < -0.4 is 0 Å². The smallest absolute Gasteiger partial charge is 0.242 e. The third-order valence-electron chi connectivity index (χ3n) is 5.18. The maximum Gasteiger partial charge on any atom is 0.242 e. The molecule has 0 saturated carbocycles. The number of benzene rings is 2. The topological polar surface area (TPSA) is 81.2 Å². The molecule has 178 valence electrons. The van der Waals surface area contributed by atoms with Crippen molar-refractivity contribution in [3.8, 4) is 11.1 Å². The van der Waals surface area contributed by atoms with Crippen LogP contribution in [-0.4, -0.2) is 104 Å². The van der Waals surface area contributed by atoms with Crippen molar-refractivity contribution in [1.29, 1.82) is 0 Å². The fraction of sp³-hybridized carbons (Fsp3) is 0.455. The quantitative estimate of drug-likeness (QED) is 0.485. The average Bonchev–Trinajstić information content (AvgIpc) is 2.75. The van der Waals surface area contributed by atoms with Crippen molar-refractivity contribution < 1.29 is 16.8 Å². The molecule has 0 bridgehead atoms. The molecule has 32 heavy (non-hydrogen) atoms. The average molecular weight is 483 g/mol. The Morgan fingerprint density at radius 3 is 1.03 bits per heavy atom. The lowest BCUT2D eigenvalue weighted by Gasteiger charge is -2.20. The monoisotopic (exact) mass is 482 g/mol. The number of hydrogen-bond acceptors (Lipinski definition) is 6. The van der Waals surface area contributed by atoms with Gasteiger partial charge < -0.3 is 9.80 Å². The molecule has 0 unspecified atom stereocenters. The Bertz CT molecular complexity index is 992. The second kappa shape index (κ2) is 10.9. The van der Waals surface area contributed by atoms with Gasteiger partial charge in [-0.2, -0.15) is 8.61 Å². The molecule has 0 N–H and O–H groups in total. The number of likely N-dealkylation sites (N-methyl/N-ethyl adjacent to an activating group) is 4. The zero-order chi connectivity index (χ0) is 24.1. The van der Waals surface area contributed by atoms with E-state index in [9.17, 15) is 16.8 Å². The molecule has 2 rings (SSSR count). The molecule has 0 saturated heterocycles. The van der Waals surface area contributed by atoms with Crippen LogP contribution in [0.3, 0.4) is 0 Å². The molecule has 0 aliphatic rings. The van der Waals surface area contributed by atoms with E-state index in [1.54, 1.807) is 62.6 Å². The summed E-state index contributed by atoms with van der Waals surface area (Å²) in [5, 5.41) is 0. The van der Waals surface area contributed by atoms with Gasteiger partial charge in [0.05, 0.1) is 9.79 Å². The molecule has 2 aromatic rings. The van der Waals surface area contributed by atoms with E-state index in [4.69, 9.17) is 0 Å². The summed E-state index contributed by atoms with van der Waals surface area (Å²) in [6, 6.07) is 13.3. The number of sulfonamides is 2. The first-order chi connectivity index (χ1) is 14.9. The molecule has 8 nitrogen and oxygen atoms in total. The molecular formula is C22H34N4O4S2. The Hall–Kier alpha value is -1.82. The van der Waals surface area contributed by atoms with Crippen LogP contribution in [0.4, 0.5) is 0 Å². The highest BCUT2D eigenvalue weighted by Gasteiger charge is 2.22. The van der Waals surface area contributed by atoms with E-state index in [-0.39, 0.29) is 9.79 Å². The maximum absolute atomic E-state index is 12.7. The van der Waals surface area contributed by atoms with Crippen molar-refractivity contribution in [2.24, 2.45) is 0 Å². The van der Waals surface area contributed by atoms with Gasteiger partial charge in [0.25, 0.3) is 0 Å². The van der Waals surface area contributed by atoms with Gasteiger partial charge in [0.1, 0.15) is 0 Å². The first-order valence-electron chi connectivity index (χ1n) is 10.3. The highest BCUT2D eigenvalue weighted by Crippen LogP contribution is 2.25. The summed E-state index contributed by atoms with van der Waals surface area (Å²) in [7, 11) is 3.60. The van der Waals surface area contributed by atoms with Gasteiger partial charge in [-0.1, -0.05) is 24.3 Å². The normalized spacial score (nSPS) is 12.9. The van der Waals surface area contributed by atoms with Crippen molar-refractivity contribution in [2.45, 2.75) is 9.79 Å². The molecule has 0 fully saturated rings. The summed E-state index contributed by atoms with van der Waals surface area (Å²) in [4.78, 5) is 4.31. The van der Waals surface area contributed by atoms with Gasteiger partial charge in [-0.05, 0) is 63.6 Å². The van der Waals surface area contributed by atoms with Crippen molar-refractivity contribution in [1.82, 2.24) is 18.4 Å². The van der Waals surface area contributed by atoms with Gasteiger partial charge in [-0.15, -0.1) is 0 Å². The van der Waals surface area contributed by atoms with Crippen LogP contribution in [0, 0.1) is 0 Å². The first kappa shape index (κ1) is 26.4. The third kappa shape index (κ3) is 6.60. The van der Waals surface area contributed by atoms with Gasteiger partial charge in [0.2, 0.25) is 20.0 Å². The van der Waals surface area contributed by atoms with E-state index < -0.39 is 20.0 Å². The second-order valence-electron chi connectivity index (χ2n) is 8.31. The van der Waals surface area contributed by atoms with Crippen LogP contribution in [0.15, 0.2) is 58.3 Å². The van der Waals surface area contributed by atoms with Crippen molar-refractivity contribution in [3.63, 3.8) is 0 Å². The highest BCUT2D eigenvalue weighted by atomic mass is 32.2. The van der Waals surface area contributed by atoms with E-state index in [0.717, 1.165) is 11.1 Å². The first-order valence-corrected chi connectivity index (χ1v) is 13.2. The molecule has 2 aromatic carbocycles. The maximum atomic E-state index is 12.7. The minimum atomic E-state index is -3.56. The minimum absolute atomic E-state index is 0.226. The molecule has 0 radical (unpaired) electrons. The minimum Gasteiger partial charge on any atom is -0.308 e. The number of hydrogen-bond donors (Lipinski definition) is 0. The molecule has 0 aliphatic heterocycles. The largest absolute Gasteiger partial charge is 0.308 e. The van der Waals surface area contributed by atoms with Crippen LogP contribution in [-0.2, 0) is 20.0 Å². The van der Waals surface area contributed by atoms with Gasteiger partial charge in [0, 0.05) is 40.3 Å². The predicted octanol–water partition coefficient (Wildman–Crippen LogP) is 1.72. The SMILES string of the molecule is CN(C)CCN(C)S(=O)(=O)c1ccc(-c2ccc(S(=O)(=O)N(C)CCN(C)C)cc2)cc1. The zero-order valence-electron chi connectivity index (χ0n) is 19.7. The van der Waals surface area contributed by atoms with Gasteiger partial charge >= 0.3 is 0 Å². The zero-order valence-corrected chi connectivity index (χ0v) is 21.3. The highest BCUT2D eigenvalue weighted by molar-refractivity contribution is 7.89. The third-order valence-corrected chi connectivity index (χ3v) is 8.92. The Labute approximate surface area is 193 Å². The van der Waals surface area contributed by atoms with E-state index >= 15 is 0 Å². The summed E-state index contributed by atoms with van der Waals surface area (Å²) >= 11 is 0. The number of nitrogens with zero attached hydrogens (tertiary/aromatic N) is 4. The molecule has 0 atom stereocenters. The molecule has 10 heteroatoms. The molecular weight excluding hydrogens is 448 g/mol. The van der Waals surface area contributed by atoms with Crippen LogP contribution in [0.2, 0.25) is 0 Å². The lowest BCUT2D eigenvalue weighted by Crippen LogP contribution is -2.33. The van der Waals surface area contributed by atoms with Crippen molar-refractivity contribution in [3.05, 3.63) is 48.5 Å². The number of rotatable bonds is 11. The van der Waals surface area contributed by atoms with Crippen LogP contribution in [0.5, 0.6) is 0 Å². The summed E-state index contributed by atoms with van der Waals surface area (Å²) in [5.41, 5.74) is 1.62. The Kier molecular flexibility index (Phi) is 8.98. The van der Waals surface area contributed by atoms with Crippen LogP contribution in [0.1, 0.15) is 0 Å². The Balaban J connectivity index is 2.17. The molecule has 0 heterocycles. The fourth-order valence-electron chi connectivity index (χ4n) is 2.92. The van der Waals surface area contributed by atoms with E-state index in [2.05, 4.69) is 0 Å². The van der Waals surface area contributed by atoms with Crippen LogP contribution >= 0.6 is 0 Å². The second-order valence-corrected chi connectivity index (χ2v) is 12.4. The van der Waals surface area contributed by atoms with E-state index in [0.29, 0.717) is 26.2 Å². The predicted molar refractivity (Wildman–Crippen MR) is 129 cm³/mol.